The summed E-state index contributed by atoms with van der Waals surface area (Å²) in [6.45, 7) is 3.97. The standard InChI is InChI=1S/C17H23N3O2S/c1-13-9-15-6-3-7-16(17(15)19-10-13)23(21,22)20-8-4-5-14(12-20)11-18-2/h3,6-7,9-10,14,18H,4-5,8,11-12H2,1-2H3. The minimum Gasteiger partial charge on any atom is -0.319 e. The summed E-state index contributed by atoms with van der Waals surface area (Å²) in [5.74, 6) is 0.369. The van der Waals surface area contributed by atoms with Crippen molar-refractivity contribution in [1.29, 1.82) is 0 Å². The zero-order chi connectivity index (χ0) is 16.4. The number of fused-ring (bicyclic) bond motifs is 1. The summed E-state index contributed by atoms with van der Waals surface area (Å²) in [6.07, 6.45) is 3.70. The molecule has 0 amide bonds. The molecule has 0 bridgehead atoms. The average Bonchev–Trinajstić information content (AvgIpc) is 2.54. The van der Waals surface area contributed by atoms with Gasteiger partial charge >= 0.3 is 0 Å². The van der Waals surface area contributed by atoms with Crippen LogP contribution in [0.4, 0.5) is 0 Å². The van der Waals surface area contributed by atoms with E-state index in [4.69, 9.17) is 0 Å². The molecule has 0 spiro atoms. The number of aryl methyl sites for hydroxylation is 1. The van der Waals surface area contributed by atoms with Gasteiger partial charge in [-0.2, -0.15) is 4.31 Å². The average molecular weight is 333 g/mol. The SMILES string of the molecule is CNCC1CCCN(S(=O)(=O)c2cccc3cc(C)cnc23)C1. The Morgan fingerprint density at radius 1 is 1.39 bits per heavy atom. The molecule has 2 heterocycles. The molecule has 1 aromatic carbocycles. The fraction of sp³-hybridized carbons (Fsp3) is 0.471. The highest BCUT2D eigenvalue weighted by Gasteiger charge is 2.31. The van der Waals surface area contributed by atoms with Gasteiger partial charge in [-0.3, -0.25) is 4.98 Å². The lowest BCUT2D eigenvalue weighted by atomic mass is 10.00. The fourth-order valence-electron chi connectivity index (χ4n) is 3.29. The maximum Gasteiger partial charge on any atom is 0.245 e. The van der Waals surface area contributed by atoms with Crippen LogP contribution in [0.1, 0.15) is 18.4 Å². The van der Waals surface area contributed by atoms with Gasteiger partial charge in [0.15, 0.2) is 0 Å². The van der Waals surface area contributed by atoms with Crippen LogP contribution in [0, 0.1) is 12.8 Å². The predicted molar refractivity (Wildman–Crippen MR) is 91.9 cm³/mol. The van der Waals surface area contributed by atoms with Gasteiger partial charge in [0.25, 0.3) is 0 Å². The fourth-order valence-corrected chi connectivity index (χ4v) is 5.01. The number of nitrogens with one attached hydrogen (secondary N) is 1. The lowest BCUT2D eigenvalue weighted by Gasteiger charge is -2.32. The molecule has 0 aliphatic carbocycles. The molecule has 1 unspecified atom stereocenters. The number of piperidine rings is 1. The molecule has 6 heteroatoms. The zero-order valence-electron chi connectivity index (χ0n) is 13.6. The number of nitrogens with zero attached hydrogens (tertiary/aromatic N) is 2. The molecule has 1 aliphatic rings. The summed E-state index contributed by atoms with van der Waals surface area (Å²) >= 11 is 0. The Morgan fingerprint density at radius 3 is 3.00 bits per heavy atom. The summed E-state index contributed by atoms with van der Waals surface area (Å²) in [7, 11) is -1.60. The third-order valence-electron chi connectivity index (χ3n) is 4.40. The first-order valence-electron chi connectivity index (χ1n) is 8.02. The summed E-state index contributed by atoms with van der Waals surface area (Å²) < 4.78 is 27.8. The van der Waals surface area contributed by atoms with Crippen LogP contribution < -0.4 is 5.32 Å². The Labute approximate surface area is 137 Å². The molecule has 1 aliphatic heterocycles. The third kappa shape index (κ3) is 3.24. The van der Waals surface area contributed by atoms with Crippen molar-refractivity contribution in [2.45, 2.75) is 24.7 Å². The molecule has 2 aromatic rings. The van der Waals surface area contributed by atoms with Crippen LogP contribution in [0.5, 0.6) is 0 Å². The second-order valence-corrected chi connectivity index (χ2v) is 8.18. The van der Waals surface area contributed by atoms with Crippen molar-refractivity contribution in [2.24, 2.45) is 5.92 Å². The molecule has 1 aromatic heterocycles. The topological polar surface area (TPSA) is 62.3 Å². The number of benzene rings is 1. The van der Waals surface area contributed by atoms with Gasteiger partial charge in [-0.15, -0.1) is 0 Å². The molecule has 1 N–H and O–H groups in total. The lowest BCUT2D eigenvalue weighted by molar-refractivity contribution is 0.263. The lowest BCUT2D eigenvalue weighted by Crippen LogP contribution is -2.42. The predicted octanol–water partition coefficient (Wildman–Crippen LogP) is 2.16. The molecular formula is C17H23N3O2S. The number of hydrogen-bond donors (Lipinski definition) is 1. The van der Waals surface area contributed by atoms with E-state index >= 15 is 0 Å². The first-order valence-corrected chi connectivity index (χ1v) is 9.46. The van der Waals surface area contributed by atoms with Gasteiger partial charge < -0.3 is 5.32 Å². The van der Waals surface area contributed by atoms with E-state index in [9.17, 15) is 8.42 Å². The maximum atomic E-state index is 13.1. The van der Waals surface area contributed by atoms with Gasteiger partial charge in [-0.05, 0) is 57.0 Å². The number of aromatic nitrogens is 1. The highest BCUT2D eigenvalue weighted by atomic mass is 32.2. The maximum absolute atomic E-state index is 13.1. The molecule has 3 rings (SSSR count). The summed E-state index contributed by atoms with van der Waals surface area (Å²) in [5, 5.41) is 4.02. The van der Waals surface area contributed by atoms with Crippen LogP contribution in [0.2, 0.25) is 0 Å². The van der Waals surface area contributed by atoms with Gasteiger partial charge in [-0.1, -0.05) is 12.1 Å². The van der Waals surface area contributed by atoms with E-state index in [1.807, 2.05) is 26.1 Å². The molecule has 5 nitrogen and oxygen atoms in total. The van der Waals surface area contributed by atoms with Crippen molar-refractivity contribution in [3.63, 3.8) is 0 Å². The van der Waals surface area contributed by atoms with Gasteiger partial charge in [0, 0.05) is 24.7 Å². The zero-order valence-corrected chi connectivity index (χ0v) is 14.4. The number of para-hydroxylation sites is 1. The molecule has 124 valence electrons. The van der Waals surface area contributed by atoms with Crippen molar-refractivity contribution in [1.82, 2.24) is 14.6 Å². The van der Waals surface area contributed by atoms with E-state index in [-0.39, 0.29) is 0 Å². The summed E-state index contributed by atoms with van der Waals surface area (Å²) in [5.41, 5.74) is 1.59. The van der Waals surface area contributed by atoms with Gasteiger partial charge in [-0.25, -0.2) is 8.42 Å². The van der Waals surface area contributed by atoms with Crippen molar-refractivity contribution in [3.8, 4) is 0 Å². The van der Waals surface area contributed by atoms with E-state index in [1.165, 1.54) is 0 Å². The number of pyridine rings is 1. The molecule has 1 saturated heterocycles. The summed E-state index contributed by atoms with van der Waals surface area (Å²) in [4.78, 5) is 4.70. The Balaban J connectivity index is 1.99. The van der Waals surface area contributed by atoms with Crippen molar-refractivity contribution in [3.05, 3.63) is 36.0 Å². The van der Waals surface area contributed by atoms with Crippen LogP contribution in [0.15, 0.2) is 35.4 Å². The van der Waals surface area contributed by atoms with Crippen molar-refractivity contribution < 1.29 is 8.42 Å². The number of sulfonamides is 1. The molecule has 23 heavy (non-hydrogen) atoms. The molecule has 1 atom stereocenters. The quantitative estimate of drug-likeness (QED) is 0.931. The second-order valence-electron chi connectivity index (χ2n) is 6.27. The second kappa shape index (κ2) is 6.55. The molecule has 0 saturated carbocycles. The molecular weight excluding hydrogens is 310 g/mol. The highest BCUT2D eigenvalue weighted by Crippen LogP contribution is 2.28. The van der Waals surface area contributed by atoms with E-state index < -0.39 is 10.0 Å². The molecule has 1 fully saturated rings. The Hall–Kier alpha value is -1.50. The molecule has 0 radical (unpaired) electrons. The van der Waals surface area contributed by atoms with Crippen LogP contribution in [-0.2, 0) is 10.0 Å². The van der Waals surface area contributed by atoms with Gasteiger partial charge in [0.1, 0.15) is 4.90 Å². The van der Waals surface area contributed by atoms with Gasteiger partial charge in [0.2, 0.25) is 10.0 Å². The Bertz CT molecular complexity index is 803. The minimum atomic E-state index is -3.51. The van der Waals surface area contributed by atoms with Crippen LogP contribution in [0.25, 0.3) is 10.9 Å². The smallest absolute Gasteiger partial charge is 0.245 e. The van der Waals surface area contributed by atoms with E-state index in [1.54, 1.807) is 22.6 Å². The minimum absolute atomic E-state index is 0.320. The van der Waals surface area contributed by atoms with E-state index in [0.29, 0.717) is 29.4 Å². The Kier molecular flexibility index (Phi) is 4.66. The largest absolute Gasteiger partial charge is 0.319 e. The highest BCUT2D eigenvalue weighted by molar-refractivity contribution is 7.89. The van der Waals surface area contributed by atoms with Crippen LogP contribution >= 0.6 is 0 Å². The first kappa shape index (κ1) is 16.4. The first-order chi connectivity index (χ1) is 11.0. The van der Waals surface area contributed by atoms with E-state index in [2.05, 4.69) is 10.3 Å². The van der Waals surface area contributed by atoms with Crippen molar-refractivity contribution in [2.75, 3.05) is 26.7 Å². The van der Waals surface area contributed by atoms with Crippen molar-refractivity contribution >= 4 is 20.9 Å². The third-order valence-corrected chi connectivity index (χ3v) is 6.30. The number of hydrogen-bond acceptors (Lipinski definition) is 4. The van der Waals surface area contributed by atoms with E-state index in [0.717, 1.165) is 30.3 Å². The summed E-state index contributed by atoms with van der Waals surface area (Å²) in [6, 6.07) is 7.35. The normalized spacial score (nSPS) is 20.0. The monoisotopic (exact) mass is 333 g/mol. The van der Waals surface area contributed by atoms with Gasteiger partial charge in [0.05, 0.1) is 5.52 Å². The number of rotatable bonds is 4. The Morgan fingerprint density at radius 2 is 2.22 bits per heavy atom. The van der Waals surface area contributed by atoms with Crippen LogP contribution in [0.3, 0.4) is 0 Å². The van der Waals surface area contributed by atoms with Crippen LogP contribution in [-0.4, -0.2) is 44.4 Å².